The summed E-state index contributed by atoms with van der Waals surface area (Å²) in [4.78, 5) is 39.4. The van der Waals surface area contributed by atoms with E-state index in [0.717, 1.165) is 89.9 Å². The SMILES string of the molecule is CC(C)(C)Cc1ccc(Br)nc1.CC(C)(C)Cc1ccc(Cl)cn1.CC(C)(C)Cc1ccccn1.CC(C)(C)Cc1cccnc1.CC(C)(C)Cc1ccncc1.CC(C)(C)Cc1cnc(Cl)c(Cl)c1.CC(C)(C)Cc1csc(Cl)n1.CC(C)(C)Cc1sc(Cl)nc1Cl.Cc1nc(Cl)sc1CC(C)(C)C. The first-order valence-electron chi connectivity index (χ1n) is 35.5. The van der Waals surface area contributed by atoms with E-state index in [1.807, 2.05) is 91.9 Å². The Hall–Kier alpha value is -3.70. The van der Waals surface area contributed by atoms with Crippen LogP contribution >= 0.6 is 131 Å². The van der Waals surface area contributed by atoms with Crippen LogP contribution in [0.15, 0.2) is 132 Å². The lowest BCUT2D eigenvalue weighted by Gasteiger charge is -2.17. The normalized spacial score (nSPS) is 11.8. The molecule has 9 aromatic heterocycles. The van der Waals surface area contributed by atoms with Gasteiger partial charge in [-0.2, -0.15) is 0 Å². The van der Waals surface area contributed by atoms with Gasteiger partial charge in [0.05, 0.1) is 21.4 Å². The topological polar surface area (TPSA) is 116 Å². The third-order valence-electron chi connectivity index (χ3n) is 13.1. The van der Waals surface area contributed by atoms with Crippen LogP contribution in [0.2, 0.25) is 33.8 Å². The highest BCUT2D eigenvalue weighted by Crippen LogP contribution is 2.34. The van der Waals surface area contributed by atoms with Crippen molar-refractivity contribution in [2.24, 2.45) is 48.7 Å². The number of pyridine rings is 6. The van der Waals surface area contributed by atoms with Crippen molar-refractivity contribution in [3.05, 3.63) is 221 Å². The first-order chi connectivity index (χ1) is 47.8. The highest BCUT2D eigenvalue weighted by molar-refractivity contribution is 9.10. The Kier molecular flexibility index (Phi) is 43.7. The minimum atomic E-state index is 0.236. The maximum absolute atomic E-state index is 5.87. The van der Waals surface area contributed by atoms with Crippen LogP contribution in [0, 0.1) is 55.7 Å². The lowest BCUT2D eigenvalue weighted by molar-refractivity contribution is 0.406. The van der Waals surface area contributed by atoms with E-state index in [2.05, 4.69) is 278 Å². The van der Waals surface area contributed by atoms with Crippen molar-refractivity contribution in [1.29, 1.82) is 0 Å². The predicted octanol–water partition coefficient (Wildman–Crippen LogP) is 29.9. The molecule has 0 bridgehead atoms. The summed E-state index contributed by atoms with van der Waals surface area (Å²) >= 11 is 48.2. The molecule has 0 aromatic carbocycles. The second-order valence-corrected chi connectivity index (χ2v) is 44.1. The van der Waals surface area contributed by atoms with E-state index in [9.17, 15) is 0 Å². The third-order valence-corrected chi connectivity index (χ3v) is 18.3. The number of aromatic nitrogens is 9. The number of nitrogens with zero attached hydrogens (tertiary/aromatic N) is 9. The first kappa shape index (κ1) is 99.3. The lowest BCUT2D eigenvalue weighted by atomic mass is 9.89. The van der Waals surface area contributed by atoms with Gasteiger partial charge in [-0.1, -0.05) is 286 Å². The van der Waals surface area contributed by atoms with E-state index in [1.54, 1.807) is 23.7 Å². The van der Waals surface area contributed by atoms with Crippen molar-refractivity contribution in [2.75, 3.05) is 0 Å². The molecule has 105 heavy (non-hydrogen) atoms. The Morgan fingerprint density at radius 2 is 0.790 bits per heavy atom. The molecule has 9 rings (SSSR count). The Labute approximate surface area is 691 Å². The van der Waals surface area contributed by atoms with Crippen molar-refractivity contribution in [2.45, 2.75) is 252 Å². The fourth-order valence-corrected chi connectivity index (χ4v) is 14.1. The Morgan fingerprint density at radius 3 is 1.18 bits per heavy atom. The molecular formula is C85H123BrCl7N9S3. The summed E-state index contributed by atoms with van der Waals surface area (Å²) in [5.74, 6) is 0. The minimum Gasteiger partial charge on any atom is -0.265 e. The van der Waals surface area contributed by atoms with Crippen molar-refractivity contribution in [3.8, 4) is 0 Å². The molecular weight excluding hydrogens is 1570 g/mol. The molecule has 9 nitrogen and oxygen atoms in total. The van der Waals surface area contributed by atoms with Crippen LogP contribution in [0.1, 0.15) is 242 Å². The van der Waals surface area contributed by atoms with E-state index in [-0.39, 0.29) is 10.8 Å². The Balaban J connectivity index is 0.000000591. The number of thiazole rings is 3. The molecule has 0 saturated carbocycles. The summed E-state index contributed by atoms with van der Waals surface area (Å²) in [6.45, 7) is 61.7. The summed E-state index contributed by atoms with van der Waals surface area (Å²) in [5, 5.41) is 4.18. The van der Waals surface area contributed by atoms with Gasteiger partial charge in [0.15, 0.2) is 13.4 Å². The fraction of sp³-hybridized carbons (Fsp3) is 0.541. The van der Waals surface area contributed by atoms with E-state index < -0.39 is 0 Å². The summed E-state index contributed by atoms with van der Waals surface area (Å²) in [5.41, 5.74) is 12.4. The second kappa shape index (κ2) is 46.2. The smallest absolute Gasteiger partial charge is 0.185 e. The van der Waals surface area contributed by atoms with Crippen molar-refractivity contribution >= 4 is 131 Å². The highest BCUT2D eigenvalue weighted by Gasteiger charge is 2.20. The summed E-state index contributed by atoms with van der Waals surface area (Å²) < 4.78 is 2.73. The molecule has 20 heteroatoms. The standard InChI is InChI=1S/C10H14BrN.C10H13Cl2N.C10H14ClN.3C10H15N.C9H14ClNS.C8H11Cl2NS.C8H12ClNS/c1-10(2,3)6-8-4-5-9(11)12-7-8;1-10(2,3)5-7-4-8(11)9(12)13-6-7;1-10(2,3)6-9-5-4-8(11)7-12-9;1-10(2,3)8-9-4-6-11-7-5-9;1-10(2,3)7-9-5-4-6-11-8-9;1-10(2,3)8-9-6-4-5-7-11-9;1-6-7(5-9(2,3)4)12-8(10)11-6;1-8(2,3)4-5-6(9)11-7(10)12-5;1-8(2,3)4-6-5-11-7(9)10-6/h4-5,7H,6H2,1-3H3;4,6H,5H2,1-3H3;4-5,7H,6H2,1-3H3;4-7H,8H2,1-3H3;4-6,8H,7H2,1-3H3;4-7H,8H2,1-3H3;5H2,1-4H3;4H2,1-3H3;5H,4H2,1-3H3. The van der Waals surface area contributed by atoms with E-state index in [1.165, 1.54) is 49.9 Å². The van der Waals surface area contributed by atoms with Crippen molar-refractivity contribution < 1.29 is 0 Å². The molecule has 0 aliphatic heterocycles. The number of aryl methyl sites for hydroxylation is 1. The average molecular weight is 1700 g/mol. The molecule has 9 aromatic rings. The Bertz CT molecular complexity index is 3570. The monoisotopic (exact) mass is 1690 g/mol. The van der Waals surface area contributed by atoms with Gasteiger partial charge in [-0.05, 0) is 206 Å². The molecule has 0 N–H and O–H groups in total. The lowest BCUT2D eigenvalue weighted by Crippen LogP contribution is -2.10. The largest absolute Gasteiger partial charge is 0.265 e. The molecule has 0 spiro atoms. The summed E-state index contributed by atoms with van der Waals surface area (Å²) in [6, 6.07) is 24.2. The molecule has 0 unspecified atom stereocenters. The third kappa shape index (κ3) is 56.2. The van der Waals surface area contributed by atoms with Gasteiger partial charge in [0, 0.05) is 76.1 Å². The molecule has 582 valence electrons. The quantitative estimate of drug-likeness (QED) is 0.130. The highest BCUT2D eigenvalue weighted by atomic mass is 79.9. The second-order valence-electron chi connectivity index (χ2n) is 37.0. The maximum Gasteiger partial charge on any atom is 0.185 e. The zero-order chi connectivity index (χ0) is 80.6. The number of halogens is 8. The summed E-state index contributed by atoms with van der Waals surface area (Å²) in [7, 11) is 0. The number of hydrogen-bond donors (Lipinski definition) is 0. The van der Waals surface area contributed by atoms with Crippen LogP contribution in [0.3, 0.4) is 0 Å². The van der Waals surface area contributed by atoms with E-state index >= 15 is 0 Å². The van der Waals surface area contributed by atoms with Crippen LogP contribution < -0.4 is 0 Å². The number of hydrogen-bond acceptors (Lipinski definition) is 12. The molecule has 0 radical (unpaired) electrons. The van der Waals surface area contributed by atoms with Gasteiger partial charge < -0.3 is 0 Å². The van der Waals surface area contributed by atoms with Crippen LogP contribution in [0.4, 0.5) is 0 Å². The Morgan fingerprint density at radius 1 is 0.333 bits per heavy atom. The van der Waals surface area contributed by atoms with Gasteiger partial charge in [0.1, 0.15) is 14.9 Å². The van der Waals surface area contributed by atoms with Crippen molar-refractivity contribution in [3.63, 3.8) is 0 Å². The van der Waals surface area contributed by atoms with Crippen LogP contribution in [-0.2, 0) is 57.8 Å². The van der Waals surface area contributed by atoms with Gasteiger partial charge in [-0.25, -0.2) is 24.9 Å². The summed E-state index contributed by atoms with van der Waals surface area (Å²) in [6.07, 6.45) is 24.0. The predicted molar refractivity (Wildman–Crippen MR) is 468 cm³/mol. The van der Waals surface area contributed by atoms with Crippen LogP contribution in [-0.4, -0.2) is 44.9 Å². The van der Waals surface area contributed by atoms with Gasteiger partial charge in [-0.15, -0.1) is 34.0 Å². The zero-order valence-electron chi connectivity index (χ0n) is 68.3. The minimum absolute atomic E-state index is 0.236. The zero-order valence-corrected chi connectivity index (χ0v) is 77.6. The fourth-order valence-electron chi connectivity index (χ4n) is 9.46. The number of rotatable bonds is 9. The molecule has 0 fully saturated rings. The molecule has 0 amide bonds. The van der Waals surface area contributed by atoms with Gasteiger partial charge in [0.2, 0.25) is 0 Å². The van der Waals surface area contributed by atoms with Gasteiger partial charge >= 0.3 is 0 Å². The van der Waals surface area contributed by atoms with E-state index in [4.69, 9.17) is 81.2 Å². The maximum atomic E-state index is 5.87. The first-order valence-corrected chi connectivity index (χ1v) is 41.5. The molecule has 0 atom stereocenters. The van der Waals surface area contributed by atoms with Gasteiger partial charge in [0.25, 0.3) is 0 Å². The molecule has 0 aliphatic carbocycles. The van der Waals surface area contributed by atoms with Crippen LogP contribution in [0.5, 0.6) is 0 Å². The molecule has 0 aliphatic rings. The van der Waals surface area contributed by atoms with Crippen molar-refractivity contribution in [1.82, 2.24) is 44.9 Å². The van der Waals surface area contributed by atoms with Gasteiger partial charge in [-0.3, -0.25) is 19.9 Å². The van der Waals surface area contributed by atoms with E-state index in [0.29, 0.717) is 71.7 Å². The molecule has 9 heterocycles. The van der Waals surface area contributed by atoms with Crippen LogP contribution in [0.25, 0.3) is 0 Å². The average Bonchev–Trinajstić information content (AvgIpc) is 1.80. The molecule has 0 saturated heterocycles.